The molecule has 1 amide bonds. The van der Waals surface area contributed by atoms with E-state index in [0.717, 1.165) is 65.5 Å². The van der Waals surface area contributed by atoms with Gasteiger partial charge in [0.15, 0.2) is 0 Å². The number of methoxy groups -OCH3 is 1. The van der Waals surface area contributed by atoms with E-state index in [1.54, 1.807) is 18.7 Å². The molecule has 7 nitrogen and oxygen atoms in total. The first kappa shape index (κ1) is 25.1. The lowest BCUT2D eigenvalue weighted by Gasteiger charge is -2.30. The highest BCUT2D eigenvalue weighted by molar-refractivity contribution is 6.31. The third-order valence-electron chi connectivity index (χ3n) is 7.38. The molecule has 4 N–H and O–H groups in total. The van der Waals surface area contributed by atoms with E-state index >= 15 is 0 Å². The summed E-state index contributed by atoms with van der Waals surface area (Å²) < 4.78 is 5.37. The fraction of sp³-hybridized carbons (Fsp3) is 0.276. The number of ether oxygens (including phenoxy) is 1. The Morgan fingerprint density at radius 3 is 2.86 bits per heavy atom. The summed E-state index contributed by atoms with van der Waals surface area (Å²) in [6, 6.07) is 12.8. The Hall–Kier alpha value is -3.52. The quantitative estimate of drug-likeness (QED) is 0.129. The van der Waals surface area contributed by atoms with Gasteiger partial charge in [-0.25, -0.2) is 5.48 Å². The molecule has 1 aliphatic rings. The van der Waals surface area contributed by atoms with Crippen LogP contribution in [0.15, 0.2) is 54.9 Å². The number of nitrogens with one attached hydrogen (secondary N) is 3. The second-order valence-corrected chi connectivity index (χ2v) is 9.92. The second kappa shape index (κ2) is 10.8. The van der Waals surface area contributed by atoms with Crippen molar-refractivity contribution in [3.05, 3.63) is 93.4 Å². The van der Waals surface area contributed by atoms with E-state index < -0.39 is 5.91 Å². The number of halogens is 1. The van der Waals surface area contributed by atoms with Crippen LogP contribution in [-0.4, -0.2) is 39.6 Å². The summed E-state index contributed by atoms with van der Waals surface area (Å²) in [6.07, 6.45) is 9.91. The van der Waals surface area contributed by atoms with Gasteiger partial charge in [0, 0.05) is 60.3 Å². The molecule has 0 saturated carbocycles. The molecule has 0 fully saturated rings. The maximum absolute atomic E-state index is 11.4. The lowest BCUT2D eigenvalue weighted by molar-refractivity contribution is -0.124. The van der Waals surface area contributed by atoms with Crippen LogP contribution in [0, 0.1) is 6.92 Å². The number of hydrogen-bond acceptors (Lipinski definition) is 4. The molecule has 8 heteroatoms. The van der Waals surface area contributed by atoms with Crippen LogP contribution in [0.4, 0.5) is 0 Å². The normalized spacial score (nSPS) is 15.1. The third kappa shape index (κ3) is 5.30. The van der Waals surface area contributed by atoms with Gasteiger partial charge in [-0.2, -0.15) is 0 Å². The largest absolute Gasteiger partial charge is 0.497 e. The molecule has 1 aliphatic carbocycles. The third-order valence-corrected chi connectivity index (χ3v) is 7.77. The molecule has 4 aromatic rings. The van der Waals surface area contributed by atoms with Crippen molar-refractivity contribution in [1.29, 1.82) is 0 Å². The minimum Gasteiger partial charge on any atom is -0.497 e. The lowest BCUT2D eigenvalue weighted by atomic mass is 10.0. The van der Waals surface area contributed by atoms with Gasteiger partial charge in [-0.1, -0.05) is 29.8 Å². The second-order valence-electron chi connectivity index (χ2n) is 9.51. The van der Waals surface area contributed by atoms with E-state index in [1.165, 1.54) is 28.2 Å². The fourth-order valence-electron chi connectivity index (χ4n) is 5.29. The van der Waals surface area contributed by atoms with Crippen molar-refractivity contribution < 1.29 is 14.7 Å². The number of amides is 1. The average molecular weight is 519 g/mol. The summed E-state index contributed by atoms with van der Waals surface area (Å²) in [6.45, 7) is 3.72. The van der Waals surface area contributed by atoms with Gasteiger partial charge in [0.1, 0.15) is 5.75 Å². The van der Waals surface area contributed by atoms with Crippen LogP contribution >= 0.6 is 11.6 Å². The summed E-state index contributed by atoms with van der Waals surface area (Å²) in [5, 5.41) is 10.7. The van der Waals surface area contributed by atoms with E-state index in [9.17, 15) is 4.79 Å². The smallest absolute Gasteiger partial charge is 0.267 e. The van der Waals surface area contributed by atoms with Gasteiger partial charge in [-0.3, -0.25) is 14.9 Å². The van der Waals surface area contributed by atoms with Crippen molar-refractivity contribution in [2.75, 3.05) is 13.7 Å². The monoisotopic (exact) mass is 518 g/mol. The summed E-state index contributed by atoms with van der Waals surface area (Å²) >= 11 is 6.37. The van der Waals surface area contributed by atoms with Crippen molar-refractivity contribution in [2.24, 2.45) is 0 Å². The first-order valence-corrected chi connectivity index (χ1v) is 12.8. The van der Waals surface area contributed by atoms with Crippen LogP contribution < -0.4 is 10.2 Å². The van der Waals surface area contributed by atoms with Crippen molar-refractivity contribution >= 4 is 34.5 Å². The molecule has 192 valence electrons. The van der Waals surface area contributed by atoms with E-state index in [1.807, 2.05) is 24.4 Å². The van der Waals surface area contributed by atoms with Gasteiger partial charge in [0.05, 0.1) is 12.1 Å². The molecule has 2 aromatic carbocycles. The van der Waals surface area contributed by atoms with Crippen molar-refractivity contribution in [2.45, 2.75) is 38.8 Å². The number of carbonyl (C=O) groups is 1. The van der Waals surface area contributed by atoms with E-state index in [-0.39, 0.29) is 6.04 Å². The van der Waals surface area contributed by atoms with Crippen molar-refractivity contribution in [3.63, 3.8) is 0 Å². The van der Waals surface area contributed by atoms with E-state index in [2.05, 4.69) is 46.2 Å². The molecule has 0 spiro atoms. The van der Waals surface area contributed by atoms with Gasteiger partial charge >= 0.3 is 0 Å². The van der Waals surface area contributed by atoms with Crippen molar-refractivity contribution in [1.82, 2.24) is 20.3 Å². The molecule has 2 heterocycles. The number of benzene rings is 2. The average Bonchev–Trinajstić information content (AvgIpc) is 3.62. The Balaban J connectivity index is 1.40. The molecule has 0 saturated heterocycles. The minimum atomic E-state index is -0.541. The molecule has 1 unspecified atom stereocenters. The highest BCUT2D eigenvalue weighted by Gasteiger charge is 2.29. The van der Waals surface area contributed by atoms with Crippen LogP contribution in [-0.2, 0) is 24.2 Å². The topological polar surface area (TPSA) is 93.4 Å². The molecule has 0 aliphatic heterocycles. The Morgan fingerprint density at radius 2 is 2.11 bits per heavy atom. The summed E-state index contributed by atoms with van der Waals surface area (Å²) in [7, 11) is 1.68. The van der Waals surface area contributed by atoms with Crippen LogP contribution in [0.1, 0.15) is 46.0 Å². The highest BCUT2D eigenvalue weighted by atomic mass is 35.5. The first-order chi connectivity index (χ1) is 18.0. The molecule has 37 heavy (non-hydrogen) atoms. The number of aromatic amines is 2. The maximum Gasteiger partial charge on any atom is 0.267 e. The van der Waals surface area contributed by atoms with Gasteiger partial charge in [-0.05, 0) is 72.2 Å². The van der Waals surface area contributed by atoms with Crippen LogP contribution in [0.5, 0.6) is 5.75 Å². The van der Waals surface area contributed by atoms with Gasteiger partial charge in [0.25, 0.3) is 5.91 Å². The lowest BCUT2D eigenvalue weighted by Crippen LogP contribution is -2.29. The van der Waals surface area contributed by atoms with Crippen LogP contribution in [0.2, 0.25) is 5.02 Å². The Labute approximate surface area is 221 Å². The number of nitrogens with zero attached hydrogens (tertiary/aromatic N) is 1. The summed E-state index contributed by atoms with van der Waals surface area (Å²) in [4.78, 5) is 20.7. The number of rotatable bonds is 9. The fourth-order valence-corrected chi connectivity index (χ4v) is 5.46. The van der Waals surface area contributed by atoms with Gasteiger partial charge in [0.2, 0.25) is 0 Å². The van der Waals surface area contributed by atoms with Gasteiger partial charge in [-0.15, -0.1) is 0 Å². The predicted molar refractivity (Wildman–Crippen MR) is 146 cm³/mol. The van der Waals surface area contributed by atoms with Crippen LogP contribution in [0.25, 0.3) is 17.0 Å². The minimum absolute atomic E-state index is 0.278. The number of aromatic nitrogens is 2. The Kier molecular flexibility index (Phi) is 7.37. The number of hydrogen-bond donors (Lipinski definition) is 4. The van der Waals surface area contributed by atoms with Gasteiger partial charge < -0.3 is 14.7 Å². The number of aryl methyl sites for hydroxylation is 1. The highest BCUT2D eigenvalue weighted by Crippen LogP contribution is 2.38. The Bertz CT molecular complexity index is 1450. The molecule has 0 radical (unpaired) electrons. The SMILES string of the molecule is COc1ccc2c(CCN(Cc3[nH]cc(Cl)c3C)C3CCc4cc(C=CC(=O)NO)ccc43)c[nH]c2c1. The number of carbonyl (C=O) groups excluding carboxylic acids is 1. The zero-order chi connectivity index (χ0) is 25.9. The summed E-state index contributed by atoms with van der Waals surface area (Å²) in [5.41, 5.74) is 9.77. The molecular weight excluding hydrogens is 488 g/mol. The maximum atomic E-state index is 11.4. The zero-order valence-corrected chi connectivity index (χ0v) is 21.7. The predicted octanol–water partition coefficient (Wildman–Crippen LogP) is 5.72. The van der Waals surface area contributed by atoms with Crippen LogP contribution in [0.3, 0.4) is 0 Å². The molecule has 1 atom stereocenters. The number of H-pyrrole nitrogens is 2. The first-order valence-electron chi connectivity index (χ1n) is 12.4. The van der Waals surface area contributed by atoms with Crippen molar-refractivity contribution in [3.8, 4) is 5.75 Å². The Morgan fingerprint density at radius 1 is 1.24 bits per heavy atom. The summed E-state index contributed by atoms with van der Waals surface area (Å²) in [5.74, 6) is 0.302. The number of fused-ring (bicyclic) bond motifs is 2. The van der Waals surface area contributed by atoms with E-state index in [4.69, 9.17) is 21.5 Å². The molecule has 5 rings (SSSR count). The number of hydroxylamine groups is 1. The molecule has 2 aromatic heterocycles. The molecule has 0 bridgehead atoms. The standard InChI is InChI=1S/C29H31ClN4O3/c1-18-25(30)16-32-27(18)17-34(12-11-21-15-31-26-14-22(37-2)6-8-23(21)26)28-9-5-20-13-19(3-7-24(20)28)4-10-29(35)33-36/h3-4,6-8,10,13-16,28,31-32,36H,5,9,11-12,17H2,1-2H3,(H,33,35). The van der Waals surface area contributed by atoms with E-state index in [0.29, 0.717) is 0 Å². The molecular formula is C29H31ClN4O3. The zero-order valence-electron chi connectivity index (χ0n) is 21.0.